The van der Waals surface area contributed by atoms with Crippen molar-refractivity contribution in [2.24, 2.45) is 47.3 Å². The molecule has 8 unspecified atom stereocenters. The molecular weight excluding hydrogens is 340 g/mol. The van der Waals surface area contributed by atoms with Gasteiger partial charge in [-0.05, 0) is 80.5 Å². The number of hydrogen-bond donors (Lipinski definition) is 1. The standard InChI is InChI=1S/C23H36O4/c1-4-13-11-14(5-2)18-16-12-15(17(13)18)19(21(24)25)20(16)22(26)27-23(6-3)9-7-8-10-23/h13-20H,4-12H2,1-3H3,(H,24,25). The Hall–Kier alpha value is -1.06. The second kappa shape index (κ2) is 7.08. The van der Waals surface area contributed by atoms with Crippen molar-refractivity contribution in [2.75, 3.05) is 0 Å². The second-order valence-corrected chi connectivity index (χ2v) is 9.85. The topological polar surface area (TPSA) is 63.6 Å². The zero-order valence-electron chi connectivity index (χ0n) is 17.2. The SMILES string of the molecule is CCC1CC(CC)C2C3CC(C(C(=O)O)C3C(=O)OC3(CC)CCCC3)C12. The minimum Gasteiger partial charge on any atom is -0.481 e. The van der Waals surface area contributed by atoms with E-state index in [4.69, 9.17) is 4.74 Å². The number of aliphatic carboxylic acids is 1. The first-order chi connectivity index (χ1) is 13.0. The van der Waals surface area contributed by atoms with Crippen LogP contribution in [0.5, 0.6) is 0 Å². The summed E-state index contributed by atoms with van der Waals surface area (Å²) in [4.78, 5) is 25.5. The lowest BCUT2D eigenvalue weighted by Crippen LogP contribution is -2.46. The third kappa shape index (κ3) is 2.84. The van der Waals surface area contributed by atoms with Gasteiger partial charge in [-0.25, -0.2) is 0 Å². The van der Waals surface area contributed by atoms with E-state index in [0.29, 0.717) is 23.7 Å². The van der Waals surface area contributed by atoms with Crippen molar-refractivity contribution in [3.05, 3.63) is 0 Å². The van der Waals surface area contributed by atoms with Gasteiger partial charge in [0.05, 0.1) is 11.8 Å². The van der Waals surface area contributed by atoms with Crippen molar-refractivity contribution < 1.29 is 19.4 Å². The molecule has 0 spiro atoms. The summed E-state index contributed by atoms with van der Waals surface area (Å²) < 4.78 is 6.13. The summed E-state index contributed by atoms with van der Waals surface area (Å²) in [6.07, 6.45) is 9.40. The molecule has 4 fully saturated rings. The van der Waals surface area contributed by atoms with Crippen LogP contribution in [-0.4, -0.2) is 22.6 Å². The molecule has 0 aliphatic heterocycles. The number of esters is 1. The smallest absolute Gasteiger partial charge is 0.310 e. The van der Waals surface area contributed by atoms with Crippen molar-refractivity contribution in [3.8, 4) is 0 Å². The summed E-state index contributed by atoms with van der Waals surface area (Å²) >= 11 is 0. The van der Waals surface area contributed by atoms with E-state index in [2.05, 4.69) is 20.8 Å². The van der Waals surface area contributed by atoms with E-state index in [1.165, 1.54) is 6.42 Å². The maximum atomic E-state index is 13.3. The third-order valence-electron chi connectivity index (χ3n) is 9.06. The Kier molecular flexibility index (Phi) is 5.05. The Morgan fingerprint density at radius 3 is 1.96 bits per heavy atom. The molecule has 2 bridgehead atoms. The fraction of sp³-hybridized carbons (Fsp3) is 0.913. The van der Waals surface area contributed by atoms with Gasteiger partial charge in [-0.2, -0.15) is 0 Å². The molecule has 0 amide bonds. The van der Waals surface area contributed by atoms with Gasteiger partial charge in [0.15, 0.2) is 0 Å². The molecular formula is C23H36O4. The molecule has 27 heavy (non-hydrogen) atoms. The van der Waals surface area contributed by atoms with Gasteiger partial charge in [-0.1, -0.05) is 33.6 Å². The first-order valence-electron chi connectivity index (χ1n) is 11.4. The quantitative estimate of drug-likeness (QED) is 0.669. The zero-order chi connectivity index (χ0) is 19.3. The Morgan fingerprint density at radius 1 is 0.926 bits per heavy atom. The predicted molar refractivity (Wildman–Crippen MR) is 103 cm³/mol. The molecule has 1 N–H and O–H groups in total. The van der Waals surface area contributed by atoms with E-state index in [0.717, 1.165) is 51.4 Å². The Bertz CT molecular complexity index is 593. The van der Waals surface area contributed by atoms with Gasteiger partial charge in [0.1, 0.15) is 5.60 Å². The average molecular weight is 377 g/mol. The highest BCUT2D eigenvalue weighted by Crippen LogP contribution is 2.67. The predicted octanol–water partition coefficient (Wildman–Crippen LogP) is 4.91. The summed E-state index contributed by atoms with van der Waals surface area (Å²) in [6, 6.07) is 0. The maximum Gasteiger partial charge on any atom is 0.310 e. The van der Waals surface area contributed by atoms with Crippen LogP contribution in [0.4, 0.5) is 0 Å². The number of rotatable bonds is 6. The number of hydrogen-bond acceptors (Lipinski definition) is 3. The zero-order valence-corrected chi connectivity index (χ0v) is 17.2. The summed E-state index contributed by atoms with van der Waals surface area (Å²) in [7, 11) is 0. The van der Waals surface area contributed by atoms with E-state index < -0.39 is 17.8 Å². The van der Waals surface area contributed by atoms with Crippen LogP contribution >= 0.6 is 0 Å². The summed E-state index contributed by atoms with van der Waals surface area (Å²) in [5.41, 5.74) is -0.326. The molecule has 0 aromatic carbocycles. The molecule has 4 aliphatic rings. The van der Waals surface area contributed by atoms with Crippen LogP contribution in [0, 0.1) is 47.3 Å². The van der Waals surface area contributed by atoms with Crippen molar-refractivity contribution in [2.45, 2.75) is 84.2 Å². The van der Waals surface area contributed by atoms with Gasteiger partial charge in [0.2, 0.25) is 0 Å². The summed E-state index contributed by atoms with van der Waals surface area (Å²) in [5, 5.41) is 10.0. The Balaban J connectivity index is 1.61. The van der Waals surface area contributed by atoms with Crippen LogP contribution < -0.4 is 0 Å². The lowest BCUT2D eigenvalue weighted by atomic mass is 9.65. The lowest BCUT2D eigenvalue weighted by Gasteiger charge is -2.40. The number of ether oxygens (including phenoxy) is 1. The van der Waals surface area contributed by atoms with E-state index in [1.807, 2.05) is 0 Å². The van der Waals surface area contributed by atoms with Crippen molar-refractivity contribution in [3.63, 3.8) is 0 Å². The second-order valence-electron chi connectivity index (χ2n) is 9.85. The number of fused-ring (bicyclic) bond motifs is 5. The van der Waals surface area contributed by atoms with Gasteiger partial charge in [-0.3, -0.25) is 9.59 Å². The molecule has 4 saturated carbocycles. The van der Waals surface area contributed by atoms with E-state index >= 15 is 0 Å². The van der Waals surface area contributed by atoms with E-state index in [9.17, 15) is 14.7 Å². The molecule has 0 radical (unpaired) electrons. The number of carbonyl (C=O) groups excluding carboxylic acids is 1. The van der Waals surface area contributed by atoms with Crippen LogP contribution in [0.15, 0.2) is 0 Å². The molecule has 4 nitrogen and oxygen atoms in total. The molecule has 4 rings (SSSR count). The molecule has 8 atom stereocenters. The fourth-order valence-corrected chi connectivity index (χ4v) is 7.90. The summed E-state index contributed by atoms with van der Waals surface area (Å²) in [5.74, 6) is 0.869. The number of carboxylic acids is 1. The van der Waals surface area contributed by atoms with Crippen LogP contribution in [0.2, 0.25) is 0 Å². The largest absolute Gasteiger partial charge is 0.481 e. The minimum absolute atomic E-state index is 0.178. The monoisotopic (exact) mass is 376 g/mol. The fourth-order valence-electron chi connectivity index (χ4n) is 7.90. The van der Waals surface area contributed by atoms with Crippen LogP contribution in [-0.2, 0) is 14.3 Å². The Labute approximate surface area is 163 Å². The number of carboxylic acid groups (broad SMARTS) is 1. The van der Waals surface area contributed by atoms with Gasteiger partial charge in [-0.15, -0.1) is 0 Å². The van der Waals surface area contributed by atoms with Crippen molar-refractivity contribution >= 4 is 11.9 Å². The first-order valence-corrected chi connectivity index (χ1v) is 11.4. The average Bonchev–Trinajstić information content (AvgIpc) is 3.40. The van der Waals surface area contributed by atoms with Crippen molar-refractivity contribution in [1.29, 1.82) is 0 Å². The third-order valence-corrected chi connectivity index (χ3v) is 9.06. The first kappa shape index (κ1) is 19.3. The lowest BCUT2D eigenvalue weighted by molar-refractivity contribution is -0.175. The van der Waals surface area contributed by atoms with E-state index in [-0.39, 0.29) is 23.4 Å². The Morgan fingerprint density at radius 2 is 1.48 bits per heavy atom. The molecule has 0 aromatic heterocycles. The van der Waals surface area contributed by atoms with Gasteiger partial charge < -0.3 is 9.84 Å². The minimum atomic E-state index is -0.769. The number of carbonyl (C=O) groups is 2. The van der Waals surface area contributed by atoms with Gasteiger partial charge in [0, 0.05) is 0 Å². The highest BCUT2D eigenvalue weighted by molar-refractivity contribution is 5.83. The normalized spacial score (nSPS) is 44.4. The molecule has 0 aromatic rings. The van der Waals surface area contributed by atoms with Crippen LogP contribution in [0.3, 0.4) is 0 Å². The van der Waals surface area contributed by atoms with Crippen molar-refractivity contribution in [1.82, 2.24) is 0 Å². The maximum absolute atomic E-state index is 13.3. The molecule has 4 aliphatic carbocycles. The highest BCUT2D eigenvalue weighted by atomic mass is 16.6. The molecule has 152 valence electrons. The summed E-state index contributed by atoms with van der Waals surface area (Å²) in [6.45, 7) is 6.61. The van der Waals surface area contributed by atoms with Gasteiger partial charge in [0.25, 0.3) is 0 Å². The molecule has 0 heterocycles. The highest BCUT2D eigenvalue weighted by Gasteiger charge is 2.67. The van der Waals surface area contributed by atoms with Crippen LogP contribution in [0.25, 0.3) is 0 Å². The molecule has 4 heteroatoms. The van der Waals surface area contributed by atoms with Crippen LogP contribution in [0.1, 0.15) is 78.6 Å². The van der Waals surface area contributed by atoms with Gasteiger partial charge >= 0.3 is 11.9 Å². The molecule has 0 saturated heterocycles. The van der Waals surface area contributed by atoms with E-state index in [1.54, 1.807) is 0 Å².